The van der Waals surface area contributed by atoms with Gasteiger partial charge >= 0.3 is 0 Å². The van der Waals surface area contributed by atoms with E-state index in [0.29, 0.717) is 22.9 Å². The highest BCUT2D eigenvalue weighted by Gasteiger charge is 2.21. The number of nitrogens with zero attached hydrogens (tertiary/aromatic N) is 1. The zero-order valence-corrected chi connectivity index (χ0v) is 13.2. The summed E-state index contributed by atoms with van der Waals surface area (Å²) >= 11 is 5.40. The van der Waals surface area contributed by atoms with Crippen LogP contribution >= 0.6 is 12.2 Å². The van der Waals surface area contributed by atoms with Crippen molar-refractivity contribution in [2.24, 2.45) is 5.92 Å². The van der Waals surface area contributed by atoms with E-state index in [0.717, 1.165) is 30.1 Å². The average Bonchev–Trinajstić information content (AvgIpc) is 3.26. The van der Waals surface area contributed by atoms with E-state index >= 15 is 0 Å². The molecule has 0 unspecified atom stereocenters. The summed E-state index contributed by atoms with van der Waals surface area (Å²) < 4.78 is 19.1. The van der Waals surface area contributed by atoms with E-state index in [1.807, 2.05) is 16.7 Å². The molecule has 1 aliphatic rings. The molecule has 21 heavy (non-hydrogen) atoms. The molecule has 0 radical (unpaired) electrons. The lowest BCUT2D eigenvalue weighted by Crippen LogP contribution is -2.07. The molecule has 0 bridgehead atoms. The lowest BCUT2D eigenvalue weighted by atomic mass is 10.2. The van der Waals surface area contributed by atoms with Crippen LogP contribution < -0.4 is 9.47 Å². The molecule has 114 valence electrons. The molecule has 0 aliphatic heterocycles. The molecular formula is C15H20N2O3S. The Morgan fingerprint density at radius 3 is 2.62 bits per heavy atom. The lowest BCUT2D eigenvalue weighted by Gasteiger charge is -2.09. The van der Waals surface area contributed by atoms with E-state index in [-0.39, 0.29) is 0 Å². The van der Waals surface area contributed by atoms with Crippen LogP contribution in [0.25, 0.3) is 11.0 Å². The predicted octanol–water partition coefficient (Wildman–Crippen LogP) is 3.14. The van der Waals surface area contributed by atoms with Crippen molar-refractivity contribution in [3.63, 3.8) is 0 Å². The first-order chi connectivity index (χ1) is 10.2. The summed E-state index contributed by atoms with van der Waals surface area (Å²) in [5.74, 6) is 2.18. The third-order valence-electron chi connectivity index (χ3n) is 3.79. The first kappa shape index (κ1) is 14.4. The van der Waals surface area contributed by atoms with E-state index < -0.39 is 0 Å². The van der Waals surface area contributed by atoms with Crippen molar-refractivity contribution >= 4 is 23.3 Å². The zero-order chi connectivity index (χ0) is 14.8. The Bertz CT molecular complexity index is 688. The number of hydrogen-bond donors (Lipinski definition) is 1. The van der Waals surface area contributed by atoms with Crippen molar-refractivity contribution in [1.29, 1.82) is 0 Å². The maximum absolute atomic E-state index is 5.70. The van der Waals surface area contributed by atoms with Gasteiger partial charge in [0.15, 0.2) is 16.3 Å². The highest BCUT2D eigenvalue weighted by atomic mass is 32.1. The average molecular weight is 308 g/mol. The molecule has 0 spiro atoms. The SMILES string of the molecule is COc1cc2[nH]c(=S)n(CCOCC3CC3)c2cc1OC. The molecule has 6 heteroatoms. The summed E-state index contributed by atoms with van der Waals surface area (Å²) in [6.45, 7) is 2.28. The van der Waals surface area contributed by atoms with Gasteiger partial charge in [0.1, 0.15) is 0 Å². The summed E-state index contributed by atoms with van der Waals surface area (Å²) in [4.78, 5) is 3.20. The van der Waals surface area contributed by atoms with E-state index in [2.05, 4.69) is 4.98 Å². The fourth-order valence-electron chi connectivity index (χ4n) is 2.40. The number of nitrogens with one attached hydrogen (secondary N) is 1. The first-order valence-electron chi connectivity index (χ1n) is 7.15. The monoisotopic (exact) mass is 308 g/mol. The number of hydrogen-bond acceptors (Lipinski definition) is 4. The number of aromatic amines is 1. The Labute approximate surface area is 128 Å². The molecule has 0 saturated heterocycles. The smallest absolute Gasteiger partial charge is 0.178 e. The second kappa shape index (κ2) is 6.07. The van der Waals surface area contributed by atoms with Gasteiger partial charge in [-0.05, 0) is 31.0 Å². The van der Waals surface area contributed by atoms with Crippen LogP contribution in [0.2, 0.25) is 0 Å². The van der Waals surface area contributed by atoms with Crippen LogP contribution in [0.1, 0.15) is 12.8 Å². The fraction of sp³-hybridized carbons (Fsp3) is 0.533. The number of aromatic nitrogens is 2. The molecule has 1 saturated carbocycles. The molecule has 0 atom stereocenters. The predicted molar refractivity (Wildman–Crippen MR) is 83.8 cm³/mol. The molecule has 3 rings (SSSR count). The van der Waals surface area contributed by atoms with Crippen molar-refractivity contribution in [1.82, 2.24) is 9.55 Å². The molecule has 1 aromatic carbocycles. The molecule has 2 aromatic rings. The fourth-order valence-corrected chi connectivity index (χ4v) is 2.70. The molecule has 1 fully saturated rings. The third kappa shape index (κ3) is 3.06. The van der Waals surface area contributed by atoms with Crippen molar-refractivity contribution < 1.29 is 14.2 Å². The second-order valence-electron chi connectivity index (χ2n) is 5.32. The Morgan fingerprint density at radius 2 is 1.95 bits per heavy atom. The van der Waals surface area contributed by atoms with E-state index in [1.165, 1.54) is 12.8 Å². The molecule has 1 heterocycles. The molecule has 1 aliphatic carbocycles. The van der Waals surface area contributed by atoms with Gasteiger partial charge in [0.2, 0.25) is 0 Å². The first-order valence-corrected chi connectivity index (χ1v) is 7.56. The van der Waals surface area contributed by atoms with Gasteiger partial charge in [0.25, 0.3) is 0 Å². The van der Waals surface area contributed by atoms with Gasteiger partial charge in [-0.15, -0.1) is 0 Å². The molecular weight excluding hydrogens is 288 g/mol. The summed E-state index contributed by atoms with van der Waals surface area (Å²) in [5, 5.41) is 0. The van der Waals surface area contributed by atoms with Crippen molar-refractivity contribution in [3.8, 4) is 11.5 Å². The zero-order valence-electron chi connectivity index (χ0n) is 12.3. The molecule has 0 amide bonds. The number of methoxy groups -OCH3 is 2. The van der Waals surface area contributed by atoms with Crippen LogP contribution in [0.15, 0.2) is 12.1 Å². The number of ether oxygens (including phenoxy) is 3. The normalized spacial score (nSPS) is 14.6. The Kier molecular flexibility index (Phi) is 4.17. The highest BCUT2D eigenvalue weighted by molar-refractivity contribution is 7.71. The van der Waals surface area contributed by atoms with Gasteiger partial charge in [0.05, 0.1) is 31.9 Å². The Balaban J connectivity index is 1.82. The van der Waals surface area contributed by atoms with Crippen LogP contribution in [-0.2, 0) is 11.3 Å². The van der Waals surface area contributed by atoms with Crippen molar-refractivity contribution in [2.75, 3.05) is 27.4 Å². The van der Waals surface area contributed by atoms with Crippen LogP contribution in [0.5, 0.6) is 11.5 Å². The molecule has 1 N–H and O–H groups in total. The van der Waals surface area contributed by atoms with Crippen LogP contribution in [-0.4, -0.2) is 37.0 Å². The number of benzene rings is 1. The maximum Gasteiger partial charge on any atom is 0.178 e. The largest absolute Gasteiger partial charge is 0.493 e. The standard InChI is InChI=1S/C15H20N2O3S/c1-18-13-7-11-12(8-14(13)19-2)17(15(21)16-11)5-6-20-9-10-3-4-10/h7-8,10H,3-6,9H2,1-2H3,(H,16,21). The van der Waals surface area contributed by atoms with Gasteiger partial charge in [-0.3, -0.25) is 0 Å². The topological polar surface area (TPSA) is 48.4 Å². The highest BCUT2D eigenvalue weighted by Crippen LogP contribution is 2.32. The number of H-pyrrole nitrogens is 1. The number of fused-ring (bicyclic) bond motifs is 1. The third-order valence-corrected chi connectivity index (χ3v) is 4.11. The Hall–Kier alpha value is -1.53. The molecule has 5 nitrogen and oxygen atoms in total. The number of rotatable bonds is 7. The van der Waals surface area contributed by atoms with Gasteiger partial charge in [-0.25, -0.2) is 0 Å². The van der Waals surface area contributed by atoms with E-state index in [4.69, 9.17) is 26.4 Å². The molecule has 1 aromatic heterocycles. The van der Waals surface area contributed by atoms with Crippen molar-refractivity contribution in [2.45, 2.75) is 19.4 Å². The van der Waals surface area contributed by atoms with Crippen molar-refractivity contribution in [3.05, 3.63) is 16.9 Å². The van der Waals surface area contributed by atoms with Gasteiger partial charge < -0.3 is 23.8 Å². The van der Waals surface area contributed by atoms with Gasteiger partial charge in [-0.2, -0.15) is 0 Å². The van der Waals surface area contributed by atoms with E-state index in [1.54, 1.807) is 14.2 Å². The number of imidazole rings is 1. The summed E-state index contributed by atoms with van der Waals surface area (Å²) in [6.07, 6.45) is 2.62. The summed E-state index contributed by atoms with van der Waals surface area (Å²) in [7, 11) is 3.26. The minimum absolute atomic E-state index is 0.673. The van der Waals surface area contributed by atoms with Gasteiger partial charge in [-0.1, -0.05) is 0 Å². The summed E-state index contributed by atoms with van der Waals surface area (Å²) in [5.41, 5.74) is 1.95. The van der Waals surface area contributed by atoms with Gasteiger partial charge in [0, 0.05) is 25.3 Å². The Morgan fingerprint density at radius 1 is 1.24 bits per heavy atom. The second-order valence-corrected chi connectivity index (χ2v) is 5.71. The summed E-state index contributed by atoms with van der Waals surface area (Å²) in [6, 6.07) is 3.85. The minimum atomic E-state index is 0.673. The van der Waals surface area contributed by atoms with Crippen LogP contribution in [0, 0.1) is 10.7 Å². The maximum atomic E-state index is 5.70. The lowest BCUT2D eigenvalue weighted by molar-refractivity contribution is 0.117. The minimum Gasteiger partial charge on any atom is -0.493 e. The van der Waals surface area contributed by atoms with E-state index in [9.17, 15) is 0 Å². The van der Waals surface area contributed by atoms with Crippen LogP contribution in [0.4, 0.5) is 0 Å². The van der Waals surface area contributed by atoms with Crippen LogP contribution in [0.3, 0.4) is 0 Å². The quantitative estimate of drug-likeness (QED) is 0.630.